The number of unbranched alkanes of at least 4 members (excludes halogenated alkanes) is 5. The lowest BCUT2D eigenvalue weighted by Crippen LogP contribution is -2.60. The van der Waals surface area contributed by atoms with Crippen LogP contribution in [0.4, 0.5) is 0 Å². The fourth-order valence-electron chi connectivity index (χ4n) is 3.48. The molecule has 2 heterocycles. The summed E-state index contributed by atoms with van der Waals surface area (Å²) in [6, 6.07) is 0. The van der Waals surface area contributed by atoms with Gasteiger partial charge in [0.05, 0.1) is 0 Å². The molecule has 0 aromatic carbocycles. The van der Waals surface area contributed by atoms with Crippen LogP contribution in [-0.4, -0.2) is 66.1 Å². The highest BCUT2D eigenvalue weighted by atomic mass is 32.2. The Hall–Kier alpha value is -1.81. The number of thioether (sulfide) groups is 1. The number of aliphatic imine (C=N–C) groups is 1. The molecule has 31 heavy (non-hydrogen) atoms. The SMILES string of the molecule is CCCCCCCCSC1=N[C@H]2O[C@H](COC(C)=O)[C@@H](OC(C)=O)[C@H](OC(C)=O)[C@H]2O1. The van der Waals surface area contributed by atoms with Gasteiger partial charge in [-0.3, -0.25) is 14.4 Å². The Kier molecular flexibility index (Phi) is 10.6. The van der Waals surface area contributed by atoms with Crippen molar-refractivity contribution in [1.82, 2.24) is 0 Å². The molecule has 0 bridgehead atoms. The summed E-state index contributed by atoms with van der Waals surface area (Å²) in [6.45, 7) is 5.81. The van der Waals surface area contributed by atoms with Crippen LogP contribution in [0.25, 0.3) is 0 Å². The molecular formula is C21H33NO8S. The highest BCUT2D eigenvalue weighted by Gasteiger charge is 2.54. The lowest BCUT2D eigenvalue weighted by Gasteiger charge is -2.40. The van der Waals surface area contributed by atoms with Crippen LogP contribution < -0.4 is 0 Å². The van der Waals surface area contributed by atoms with Crippen molar-refractivity contribution in [3.63, 3.8) is 0 Å². The Bertz CT molecular complexity index is 655. The van der Waals surface area contributed by atoms with Crippen LogP contribution in [0.1, 0.15) is 66.2 Å². The lowest BCUT2D eigenvalue weighted by molar-refractivity contribution is -0.236. The Morgan fingerprint density at radius 1 is 0.935 bits per heavy atom. The van der Waals surface area contributed by atoms with Crippen LogP contribution in [-0.2, 0) is 38.1 Å². The van der Waals surface area contributed by atoms with Crippen LogP contribution in [0.2, 0.25) is 0 Å². The number of ether oxygens (including phenoxy) is 5. The summed E-state index contributed by atoms with van der Waals surface area (Å²) in [5, 5.41) is 0.454. The summed E-state index contributed by atoms with van der Waals surface area (Å²) in [4.78, 5) is 39.1. The van der Waals surface area contributed by atoms with Crippen molar-refractivity contribution in [2.45, 2.75) is 96.9 Å². The number of hydrogen-bond acceptors (Lipinski definition) is 10. The van der Waals surface area contributed by atoms with Gasteiger partial charge in [-0.2, -0.15) is 0 Å². The highest BCUT2D eigenvalue weighted by molar-refractivity contribution is 8.13. The van der Waals surface area contributed by atoms with E-state index in [4.69, 9.17) is 23.7 Å². The third kappa shape index (κ3) is 8.33. The van der Waals surface area contributed by atoms with E-state index in [0.29, 0.717) is 5.23 Å². The minimum absolute atomic E-state index is 0.163. The summed E-state index contributed by atoms with van der Waals surface area (Å²) < 4.78 is 27.7. The van der Waals surface area contributed by atoms with Crippen molar-refractivity contribution in [2.24, 2.45) is 4.99 Å². The molecule has 0 amide bonds. The molecule has 0 saturated carbocycles. The van der Waals surface area contributed by atoms with Gasteiger partial charge in [0.1, 0.15) is 12.7 Å². The van der Waals surface area contributed by atoms with Gasteiger partial charge < -0.3 is 23.7 Å². The molecule has 5 atom stereocenters. The average molecular weight is 460 g/mol. The van der Waals surface area contributed by atoms with Crippen LogP contribution in [0.5, 0.6) is 0 Å². The number of fused-ring (bicyclic) bond motifs is 1. The highest BCUT2D eigenvalue weighted by Crippen LogP contribution is 2.34. The predicted octanol–water partition coefficient (Wildman–Crippen LogP) is 2.99. The van der Waals surface area contributed by atoms with Crippen LogP contribution in [0.3, 0.4) is 0 Å². The van der Waals surface area contributed by atoms with Gasteiger partial charge in [0.15, 0.2) is 24.5 Å². The van der Waals surface area contributed by atoms with E-state index in [1.807, 2.05) is 0 Å². The maximum absolute atomic E-state index is 11.7. The van der Waals surface area contributed by atoms with Crippen molar-refractivity contribution < 1.29 is 38.1 Å². The Morgan fingerprint density at radius 3 is 2.23 bits per heavy atom. The van der Waals surface area contributed by atoms with Crippen molar-refractivity contribution in [3.8, 4) is 0 Å². The van der Waals surface area contributed by atoms with Crippen molar-refractivity contribution in [2.75, 3.05) is 12.4 Å². The zero-order chi connectivity index (χ0) is 22.8. The molecule has 0 spiro atoms. The van der Waals surface area contributed by atoms with Gasteiger partial charge in [0.25, 0.3) is 0 Å². The van der Waals surface area contributed by atoms with E-state index in [9.17, 15) is 14.4 Å². The lowest BCUT2D eigenvalue weighted by atomic mass is 9.98. The van der Waals surface area contributed by atoms with E-state index in [1.165, 1.54) is 58.2 Å². The van der Waals surface area contributed by atoms with Gasteiger partial charge in [-0.25, -0.2) is 4.99 Å². The fraction of sp³-hybridized carbons (Fsp3) is 0.810. The summed E-state index contributed by atoms with van der Waals surface area (Å²) >= 11 is 1.48. The summed E-state index contributed by atoms with van der Waals surface area (Å²) in [7, 11) is 0. The van der Waals surface area contributed by atoms with E-state index >= 15 is 0 Å². The standard InChI is InChI=1S/C21H33NO8S/c1-5-6-7-8-9-10-11-31-21-22-20-19(30-21)18(28-15(4)25)17(27-14(3)24)16(29-20)12-26-13(2)23/h16-20H,5-12H2,1-4H3/t16-,17-,18+,19-,20+/m1/s1. The molecule has 2 aliphatic heterocycles. The van der Waals surface area contributed by atoms with Gasteiger partial charge in [-0.15, -0.1) is 0 Å². The number of carbonyl (C=O) groups excluding carboxylic acids is 3. The maximum Gasteiger partial charge on any atom is 0.303 e. The molecular weight excluding hydrogens is 426 g/mol. The zero-order valence-corrected chi connectivity index (χ0v) is 19.5. The van der Waals surface area contributed by atoms with Gasteiger partial charge in [-0.05, 0) is 6.42 Å². The van der Waals surface area contributed by atoms with Crippen molar-refractivity contribution in [3.05, 3.63) is 0 Å². The van der Waals surface area contributed by atoms with Crippen LogP contribution in [0, 0.1) is 0 Å². The van der Waals surface area contributed by atoms with Gasteiger partial charge >= 0.3 is 17.9 Å². The molecule has 0 N–H and O–H groups in total. The van der Waals surface area contributed by atoms with Crippen LogP contribution in [0.15, 0.2) is 4.99 Å². The molecule has 10 heteroatoms. The summed E-state index contributed by atoms with van der Waals surface area (Å²) in [6.07, 6.45) is 2.90. The van der Waals surface area contributed by atoms with E-state index in [1.54, 1.807) is 0 Å². The monoisotopic (exact) mass is 459 g/mol. The summed E-state index contributed by atoms with van der Waals surface area (Å²) in [5.74, 6) is -0.774. The number of carbonyl (C=O) groups is 3. The van der Waals surface area contributed by atoms with Gasteiger partial charge in [-0.1, -0.05) is 50.8 Å². The summed E-state index contributed by atoms with van der Waals surface area (Å²) in [5.41, 5.74) is 0. The molecule has 1 fully saturated rings. The third-order valence-electron chi connectivity index (χ3n) is 4.86. The van der Waals surface area contributed by atoms with Gasteiger partial charge in [0, 0.05) is 26.5 Å². The molecule has 2 rings (SSSR count). The second kappa shape index (κ2) is 12.9. The molecule has 0 unspecified atom stereocenters. The Balaban J connectivity index is 2.01. The van der Waals surface area contributed by atoms with E-state index in [0.717, 1.165) is 18.6 Å². The normalized spacial score (nSPS) is 27.0. The zero-order valence-electron chi connectivity index (χ0n) is 18.7. The number of hydrogen-bond donors (Lipinski definition) is 0. The molecule has 176 valence electrons. The first kappa shape index (κ1) is 25.5. The first-order chi connectivity index (χ1) is 14.8. The molecule has 0 aromatic heterocycles. The second-order valence-corrected chi connectivity index (χ2v) is 8.66. The fourth-order valence-corrected chi connectivity index (χ4v) is 4.36. The molecule has 0 radical (unpaired) electrons. The van der Waals surface area contributed by atoms with E-state index in [-0.39, 0.29) is 6.61 Å². The maximum atomic E-state index is 11.7. The van der Waals surface area contributed by atoms with E-state index < -0.39 is 48.6 Å². The minimum Gasteiger partial charge on any atom is -0.463 e. The first-order valence-electron chi connectivity index (χ1n) is 10.8. The van der Waals surface area contributed by atoms with Gasteiger partial charge in [0.2, 0.25) is 5.23 Å². The van der Waals surface area contributed by atoms with Crippen molar-refractivity contribution >= 4 is 34.9 Å². The smallest absolute Gasteiger partial charge is 0.303 e. The predicted molar refractivity (Wildman–Crippen MR) is 115 cm³/mol. The molecule has 2 aliphatic rings. The topological polar surface area (TPSA) is 110 Å². The van der Waals surface area contributed by atoms with Crippen molar-refractivity contribution in [1.29, 1.82) is 0 Å². The number of esters is 3. The molecule has 0 aliphatic carbocycles. The minimum atomic E-state index is -0.986. The Morgan fingerprint density at radius 2 is 1.58 bits per heavy atom. The molecule has 1 saturated heterocycles. The molecule has 9 nitrogen and oxygen atoms in total. The Labute approximate surface area is 187 Å². The first-order valence-corrected chi connectivity index (χ1v) is 11.8. The number of rotatable bonds is 11. The second-order valence-electron chi connectivity index (χ2n) is 7.61. The molecule has 0 aromatic rings. The van der Waals surface area contributed by atoms with Crippen LogP contribution >= 0.6 is 11.8 Å². The quantitative estimate of drug-likeness (QED) is 0.262. The largest absolute Gasteiger partial charge is 0.463 e. The average Bonchev–Trinajstić information content (AvgIpc) is 3.09. The number of nitrogens with zero attached hydrogens (tertiary/aromatic N) is 1. The third-order valence-corrected chi connectivity index (χ3v) is 5.80. The van der Waals surface area contributed by atoms with E-state index in [2.05, 4.69) is 11.9 Å².